The van der Waals surface area contributed by atoms with Crippen LogP contribution in [0, 0.1) is 18.3 Å². The Kier molecular flexibility index (Phi) is 4.66. The van der Waals surface area contributed by atoms with Crippen molar-refractivity contribution in [3.63, 3.8) is 0 Å². The summed E-state index contributed by atoms with van der Waals surface area (Å²) in [6.45, 7) is 2.98. The van der Waals surface area contributed by atoms with Gasteiger partial charge in [0.25, 0.3) is 0 Å². The highest BCUT2D eigenvalue weighted by Gasteiger charge is 2.30. The highest BCUT2D eigenvalue weighted by atomic mass is 16.2. The van der Waals surface area contributed by atoms with Gasteiger partial charge in [0.05, 0.1) is 11.3 Å². The van der Waals surface area contributed by atoms with E-state index < -0.39 is 0 Å². The minimum absolute atomic E-state index is 0.0407. The second kappa shape index (κ2) is 7.05. The Morgan fingerprint density at radius 2 is 1.88 bits per heavy atom. The zero-order valence-electron chi connectivity index (χ0n) is 13.9. The lowest BCUT2D eigenvalue weighted by molar-refractivity contribution is -0.116. The quantitative estimate of drug-likeness (QED) is 0.934. The standard InChI is InChI=1S/C19H18N4O2/c1-14-6-8-16(9-7-14)23-11-10-22(19(23)25)13-18(24)21-17-5-3-2-4-15(17)12-20/h2-9H,10-11,13H2,1H3,(H,21,24). The van der Waals surface area contributed by atoms with Gasteiger partial charge in [-0.15, -0.1) is 0 Å². The number of para-hydroxylation sites is 1. The largest absolute Gasteiger partial charge is 0.325 e. The van der Waals surface area contributed by atoms with Crippen LogP contribution < -0.4 is 10.2 Å². The van der Waals surface area contributed by atoms with Crippen molar-refractivity contribution in [2.75, 3.05) is 29.9 Å². The van der Waals surface area contributed by atoms with E-state index in [9.17, 15) is 9.59 Å². The molecule has 0 bridgehead atoms. The SMILES string of the molecule is Cc1ccc(N2CCN(CC(=O)Nc3ccccc3C#N)C2=O)cc1. The van der Waals surface area contributed by atoms with Crippen LogP contribution in [0.25, 0.3) is 0 Å². The minimum Gasteiger partial charge on any atom is -0.323 e. The predicted octanol–water partition coefficient (Wildman–Crippen LogP) is 2.75. The summed E-state index contributed by atoms with van der Waals surface area (Å²) in [4.78, 5) is 27.9. The molecule has 1 N–H and O–H groups in total. The number of amides is 3. The molecule has 0 saturated carbocycles. The molecule has 25 heavy (non-hydrogen) atoms. The van der Waals surface area contributed by atoms with Gasteiger partial charge in [-0.3, -0.25) is 9.69 Å². The van der Waals surface area contributed by atoms with E-state index in [0.29, 0.717) is 24.3 Å². The van der Waals surface area contributed by atoms with Crippen molar-refractivity contribution < 1.29 is 9.59 Å². The summed E-state index contributed by atoms with van der Waals surface area (Å²) in [5, 5.41) is 11.8. The number of nitriles is 1. The topological polar surface area (TPSA) is 76.4 Å². The molecule has 2 aromatic rings. The average molecular weight is 334 g/mol. The van der Waals surface area contributed by atoms with Crippen LogP contribution in [0.2, 0.25) is 0 Å². The fourth-order valence-corrected chi connectivity index (χ4v) is 2.75. The van der Waals surface area contributed by atoms with Crippen molar-refractivity contribution in [2.45, 2.75) is 6.92 Å². The molecule has 1 aliphatic heterocycles. The molecule has 1 saturated heterocycles. The predicted molar refractivity (Wildman–Crippen MR) is 95.3 cm³/mol. The maximum absolute atomic E-state index is 12.5. The normalized spacial score (nSPS) is 13.7. The number of nitrogens with zero attached hydrogens (tertiary/aromatic N) is 3. The second-order valence-corrected chi connectivity index (χ2v) is 5.90. The Bertz CT molecular complexity index is 839. The van der Waals surface area contributed by atoms with Gasteiger partial charge in [-0.05, 0) is 31.2 Å². The van der Waals surface area contributed by atoms with Crippen LogP contribution in [0.15, 0.2) is 48.5 Å². The van der Waals surface area contributed by atoms with Gasteiger partial charge in [0.15, 0.2) is 0 Å². The Morgan fingerprint density at radius 3 is 2.60 bits per heavy atom. The van der Waals surface area contributed by atoms with Crippen molar-refractivity contribution in [3.05, 3.63) is 59.7 Å². The van der Waals surface area contributed by atoms with E-state index in [1.807, 2.05) is 37.3 Å². The molecule has 6 nitrogen and oxygen atoms in total. The fourth-order valence-electron chi connectivity index (χ4n) is 2.75. The molecule has 0 atom stereocenters. The van der Waals surface area contributed by atoms with E-state index >= 15 is 0 Å². The third-order valence-electron chi connectivity index (χ3n) is 4.10. The summed E-state index contributed by atoms with van der Waals surface area (Å²) >= 11 is 0. The maximum atomic E-state index is 12.5. The number of hydrogen-bond acceptors (Lipinski definition) is 3. The van der Waals surface area contributed by atoms with E-state index in [1.165, 1.54) is 4.90 Å². The van der Waals surface area contributed by atoms with Gasteiger partial charge in [0.2, 0.25) is 5.91 Å². The molecule has 0 unspecified atom stereocenters. The zero-order chi connectivity index (χ0) is 17.8. The summed E-state index contributed by atoms with van der Waals surface area (Å²) in [7, 11) is 0. The first-order valence-electron chi connectivity index (χ1n) is 8.00. The number of nitrogens with one attached hydrogen (secondary N) is 1. The molecule has 0 aromatic heterocycles. The van der Waals surface area contributed by atoms with E-state index in [1.54, 1.807) is 29.2 Å². The second-order valence-electron chi connectivity index (χ2n) is 5.90. The molecule has 3 amide bonds. The highest BCUT2D eigenvalue weighted by molar-refractivity contribution is 5.99. The molecule has 1 fully saturated rings. The van der Waals surface area contributed by atoms with E-state index in [4.69, 9.17) is 5.26 Å². The maximum Gasteiger partial charge on any atom is 0.325 e. The van der Waals surface area contributed by atoms with E-state index in [0.717, 1.165) is 11.3 Å². The lowest BCUT2D eigenvalue weighted by Crippen LogP contribution is -2.37. The number of anilines is 2. The molecule has 1 heterocycles. The number of aryl methyl sites for hydroxylation is 1. The fraction of sp³-hybridized carbons (Fsp3) is 0.211. The minimum atomic E-state index is -0.318. The first-order chi connectivity index (χ1) is 12.1. The van der Waals surface area contributed by atoms with Crippen molar-refractivity contribution in [3.8, 4) is 6.07 Å². The number of rotatable bonds is 4. The number of carbonyl (C=O) groups excluding carboxylic acids is 2. The Labute approximate surface area is 146 Å². The van der Waals surface area contributed by atoms with Crippen molar-refractivity contribution >= 4 is 23.3 Å². The molecule has 6 heteroatoms. The van der Waals surface area contributed by atoms with Crippen LogP contribution in [0.5, 0.6) is 0 Å². The molecule has 0 aliphatic carbocycles. The number of hydrogen-bond donors (Lipinski definition) is 1. The number of urea groups is 1. The smallest absolute Gasteiger partial charge is 0.323 e. The molecule has 0 radical (unpaired) electrons. The van der Waals surface area contributed by atoms with Gasteiger partial charge >= 0.3 is 6.03 Å². The lowest BCUT2D eigenvalue weighted by atomic mass is 10.2. The van der Waals surface area contributed by atoms with Crippen molar-refractivity contribution in [1.29, 1.82) is 5.26 Å². The van der Waals surface area contributed by atoms with Crippen LogP contribution in [-0.4, -0.2) is 36.5 Å². The summed E-state index contributed by atoms with van der Waals surface area (Å²) in [5.41, 5.74) is 2.80. The van der Waals surface area contributed by atoms with Crippen LogP contribution in [0.1, 0.15) is 11.1 Å². The molecule has 126 valence electrons. The zero-order valence-corrected chi connectivity index (χ0v) is 13.9. The molecular weight excluding hydrogens is 316 g/mol. The Hall–Kier alpha value is -3.33. The lowest BCUT2D eigenvalue weighted by Gasteiger charge is -2.18. The molecule has 1 aliphatic rings. The summed E-state index contributed by atoms with van der Waals surface area (Å²) in [6.07, 6.45) is 0. The van der Waals surface area contributed by atoms with Gasteiger partial charge in [-0.2, -0.15) is 5.26 Å². The van der Waals surface area contributed by atoms with Gasteiger partial charge < -0.3 is 10.2 Å². The third kappa shape index (κ3) is 3.61. The molecule has 0 spiro atoms. The monoisotopic (exact) mass is 334 g/mol. The Morgan fingerprint density at radius 1 is 1.16 bits per heavy atom. The van der Waals surface area contributed by atoms with Crippen molar-refractivity contribution in [2.24, 2.45) is 0 Å². The van der Waals surface area contributed by atoms with Gasteiger partial charge in [0, 0.05) is 18.8 Å². The third-order valence-corrected chi connectivity index (χ3v) is 4.10. The first-order valence-corrected chi connectivity index (χ1v) is 8.00. The highest BCUT2D eigenvalue weighted by Crippen LogP contribution is 2.21. The average Bonchev–Trinajstić information content (AvgIpc) is 2.97. The molecule has 2 aromatic carbocycles. The van der Waals surface area contributed by atoms with Crippen LogP contribution in [0.4, 0.5) is 16.2 Å². The van der Waals surface area contributed by atoms with Crippen LogP contribution in [0.3, 0.4) is 0 Å². The summed E-state index contributed by atoms with van der Waals surface area (Å²) < 4.78 is 0. The van der Waals surface area contributed by atoms with Gasteiger partial charge in [0.1, 0.15) is 12.6 Å². The van der Waals surface area contributed by atoms with E-state index in [-0.39, 0.29) is 18.5 Å². The van der Waals surface area contributed by atoms with Crippen molar-refractivity contribution in [1.82, 2.24) is 4.90 Å². The summed E-state index contributed by atoms with van der Waals surface area (Å²) in [5.74, 6) is -0.318. The molecular formula is C19H18N4O2. The number of benzene rings is 2. The van der Waals surface area contributed by atoms with Crippen LogP contribution >= 0.6 is 0 Å². The Balaban J connectivity index is 1.64. The first kappa shape index (κ1) is 16.5. The van der Waals surface area contributed by atoms with E-state index in [2.05, 4.69) is 5.32 Å². The van der Waals surface area contributed by atoms with Gasteiger partial charge in [-0.1, -0.05) is 29.8 Å². The van der Waals surface area contributed by atoms with Gasteiger partial charge in [-0.25, -0.2) is 4.79 Å². The summed E-state index contributed by atoms with van der Waals surface area (Å²) in [6, 6.07) is 16.3. The molecule has 3 rings (SSSR count). The van der Waals surface area contributed by atoms with Crippen LogP contribution in [-0.2, 0) is 4.79 Å². The number of carbonyl (C=O) groups is 2.